The molecular weight excluding hydrogens is 405 g/mol. The Labute approximate surface area is 180 Å². The minimum absolute atomic E-state index is 0.145. The molecule has 150 valence electrons. The summed E-state index contributed by atoms with van der Waals surface area (Å²) < 4.78 is 13.0. The summed E-state index contributed by atoms with van der Waals surface area (Å²) in [6.45, 7) is 1.87. The van der Waals surface area contributed by atoms with Crippen molar-refractivity contribution < 1.29 is 9.50 Å². The van der Waals surface area contributed by atoms with Crippen LogP contribution in [0.25, 0.3) is 0 Å². The number of rotatable bonds is 4. The Hall–Kier alpha value is -2.01. The van der Waals surface area contributed by atoms with Gasteiger partial charge >= 0.3 is 0 Å². The van der Waals surface area contributed by atoms with Crippen molar-refractivity contribution in [3.8, 4) is 5.75 Å². The fourth-order valence-electron chi connectivity index (χ4n) is 3.80. The Balaban J connectivity index is 1.55. The molecule has 0 fully saturated rings. The standard InChI is InChI=1S/C24H23ClFNOS/c1-27-11-10-18-12-23(25)24(28)13-21(18)22(14-27)17-4-8-20(9-5-17)29-15-16-2-6-19(26)7-3-16/h2-9,12-13,22,28H,10-11,14-15H2,1H3. The van der Waals surface area contributed by atoms with E-state index in [4.69, 9.17) is 11.6 Å². The average Bonchev–Trinajstić information content (AvgIpc) is 2.87. The molecule has 0 saturated carbocycles. The van der Waals surface area contributed by atoms with Crippen LogP contribution in [0.15, 0.2) is 65.6 Å². The molecule has 0 amide bonds. The summed E-state index contributed by atoms with van der Waals surface area (Å²) in [5.74, 6) is 0.938. The van der Waals surface area contributed by atoms with Crippen LogP contribution < -0.4 is 0 Å². The maximum atomic E-state index is 13.0. The molecule has 0 radical (unpaired) electrons. The first-order chi connectivity index (χ1) is 14.0. The van der Waals surface area contributed by atoms with E-state index in [1.807, 2.05) is 24.3 Å². The zero-order chi connectivity index (χ0) is 20.4. The largest absolute Gasteiger partial charge is 0.506 e. The fourth-order valence-corrected chi connectivity index (χ4v) is 4.84. The minimum Gasteiger partial charge on any atom is -0.506 e. The number of benzene rings is 3. The van der Waals surface area contributed by atoms with Crippen molar-refractivity contribution in [3.05, 3.63) is 93.8 Å². The van der Waals surface area contributed by atoms with Crippen molar-refractivity contribution in [2.24, 2.45) is 0 Å². The number of phenolic OH excluding ortho intramolecular Hbond substituents is 1. The summed E-state index contributed by atoms with van der Waals surface area (Å²) in [5.41, 5.74) is 4.69. The molecule has 1 aliphatic rings. The van der Waals surface area contributed by atoms with E-state index in [-0.39, 0.29) is 17.5 Å². The molecule has 0 bridgehead atoms. The predicted octanol–water partition coefficient (Wildman–Crippen LogP) is 6.10. The highest BCUT2D eigenvalue weighted by molar-refractivity contribution is 7.98. The van der Waals surface area contributed by atoms with E-state index in [9.17, 15) is 9.50 Å². The molecule has 29 heavy (non-hydrogen) atoms. The first kappa shape index (κ1) is 20.3. The molecule has 2 nitrogen and oxygen atoms in total. The molecule has 0 spiro atoms. The molecule has 3 aromatic carbocycles. The molecule has 3 aromatic rings. The van der Waals surface area contributed by atoms with Crippen molar-refractivity contribution in [2.45, 2.75) is 23.0 Å². The second kappa shape index (κ2) is 8.78. The van der Waals surface area contributed by atoms with Crippen LogP contribution in [-0.4, -0.2) is 30.1 Å². The van der Waals surface area contributed by atoms with Crippen molar-refractivity contribution in [2.75, 3.05) is 20.1 Å². The molecule has 1 atom stereocenters. The number of halogens is 2. The van der Waals surface area contributed by atoms with Crippen molar-refractivity contribution in [1.29, 1.82) is 0 Å². The fraction of sp³-hybridized carbons (Fsp3) is 0.250. The number of hydrogen-bond acceptors (Lipinski definition) is 3. The number of thioether (sulfide) groups is 1. The van der Waals surface area contributed by atoms with Crippen molar-refractivity contribution in [1.82, 2.24) is 4.90 Å². The first-order valence-electron chi connectivity index (χ1n) is 9.66. The lowest BCUT2D eigenvalue weighted by Crippen LogP contribution is -2.24. The summed E-state index contributed by atoms with van der Waals surface area (Å²) in [6.07, 6.45) is 0.925. The van der Waals surface area contributed by atoms with Gasteiger partial charge in [0.05, 0.1) is 5.02 Å². The van der Waals surface area contributed by atoms with Crippen LogP contribution in [-0.2, 0) is 12.2 Å². The van der Waals surface area contributed by atoms with Gasteiger partial charge in [-0.1, -0.05) is 35.9 Å². The topological polar surface area (TPSA) is 23.5 Å². The lowest BCUT2D eigenvalue weighted by atomic mass is 9.88. The van der Waals surface area contributed by atoms with Gasteiger partial charge in [-0.25, -0.2) is 4.39 Å². The van der Waals surface area contributed by atoms with Gasteiger partial charge in [0.15, 0.2) is 0 Å². The van der Waals surface area contributed by atoms with Gasteiger partial charge in [0, 0.05) is 29.7 Å². The summed E-state index contributed by atoms with van der Waals surface area (Å²) in [7, 11) is 2.13. The monoisotopic (exact) mass is 427 g/mol. The Bertz CT molecular complexity index is 991. The number of likely N-dealkylation sites (N-methyl/N-ethyl adjacent to an activating group) is 1. The number of nitrogens with zero attached hydrogens (tertiary/aromatic N) is 1. The second-order valence-electron chi connectivity index (χ2n) is 7.55. The molecular formula is C24H23ClFNOS. The van der Waals surface area contributed by atoms with E-state index >= 15 is 0 Å². The highest BCUT2D eigenvalue weighted by Crippen LogP contribution is 2.37. The van der Waals surface area contributed by atoms with Gasteiger partial charge in [-0.2, -0.15) is 0 Å². The van der Waals surface area contributed by atoms with E-state index in [0.717, 1.165) is 36.4 Å². The molecule has 1 N–H and O–H groups in total. The SMILES string of the molecule is CN1CCc2cc(Cl)c(O)cc2C(c2ccc(SCc3ccc(F)cc3)cc2)C1. The summed E-state index contributed by atoms with van der Waals surface area (Å²) >= 11 is 7.90. The number of fused-ring (bicyclic) bond motifs is 1. The summed E-state index contributed by atoms with van der Waals surface area (Å²) in [5, 5.41) is 10.6. The average molecular weight is 428 g/mol. The smallest absolute Gasteiger partial charge is 0.134 e. The van der Waals surface area contributed by atoms with Crippen LogP contribution in [0.5, 0.6) is 5.75 Å². The quantitative estimate of drug-likeness (QED) is 0.509. The summed E-state index contributed by atoms with van der Waals surface area (Å²) in [6, 6.07) is 19.0. The summed E-state index contributed by atoms with van der Waals surface area (Å²) in [4.78, 5) is 3.51. The van der Waals surface area contributed by atoms with Crippen LogP contribution in [0.4, 0.5) is 4.39 Å². The molecule has 0 aromatic heterocycles. The Morgan fingerprint density at radius 2 is 1.83 bits per heavy atom. The normalized spacial score (nSPS) is 17.0. The molecule has 1 aliphatic heterocycles. The van der Waals surface area contributed by atoms with Crippen LogP contribution in [0.3, 0.4) is 0 Å². The van der Waals surface area contributed by atoms with Gasteiger partial charge in [0.25, 0.3) is 0 Å². The number of phenols is 1. The van der Waals surface area contributed by atoms with E-state index in [1.165, 1.54) is 28.2 Å². The van der Waals surface area contributed by atoms with E-state index in [1.54, 1.807) is 11.8 Å². The molecule has 1 heterocycles. The predicted molar refractivity (Wildman–Crippen MR) is 119 cm³/mol. The maximum absolute atomic E-state index is 13.0. The minimum atomic E-state index is -0.205. The molecule has 0 aliphatic carbocycles. The maximum Gasteiger partial charge on any atom is 0.134 e. The van der Waals surface area contributed by atoms with E-state index < -0.39 is 0 Å². The first-order valence-corrected chi connectivity index (χ1v) is 11.0. The zero-order valence-corrected chi connectivity index (χ0v) is 17.8. The molecule has 1 unspecified atom stereocenters. The van der Waals surface area contributed by atoms with Gasteiger partial charge < -0.3 is 10.0 Å². The van der Waals surface area contributed by atoms with Crippen LogP contribution in [0.2, 0.25) is 5.02 Å². The van der Waals surface area contributed by atoms with Crippen molar-refractivity contribution in [3.63, 3.8) is 0 Å². The van der Waals surface area contributed by atoms with Crippen LogP contribution >= 0.6 is 23.4 Å². The Morgan fingerprint density at radius 1 is 1.10 bits per heavy atom. The lowest BCUT2D eigenvalue weighted by molar-refractivity contribution is 0.338. The Kier molecular flexibility index (Phi) is 6.14. The third-order valence-electron chi connectivity index (χ3n) is 5.44. The number of aromatic hydroxyl groups is 1. The van der Waals surface area contributed by atoms with Crippen LogP contribution in [0.1, 0.15) is 28.2 Å². The van der Waals surface area contributed by atoms with E-state index in [0.29, 0.717) is 5.02 Å². The Morgan fingerprint density at radius 3 is 2.55 bits per heavy atom. The molecule has 0 saturated heterocycles. The highest BCUT2D eigenvalue weighted by atomic mass is 35.5. The van der Waals surface area contributed by atoms with Gasteiger partial charge in [-0.15, -0.1) is 11.8 Å². The zero-order valence-electron chi connectivity index (χ0n) is 16.2. The third kappa shape index (κ3) is 4.77. The van der Waals surface area contributed by atoms with Crippen LogP contribution in [0, 0.1) is 5.82 Å². The highest BCUT2D eigenvalue weighted by Gasteiger charge is 2.24. The van der Waals surface area contributed by atoms with Gasteiger partial charge in [0.2, 0.25) is 0 Å². The van der Waals surface area contributed by atoms with Crippen molar-refractivity contribution >= 4 is 23.4 Å². The second-order valence-corrected chi connectivity index (χ2v) is 9.01. The molecule has 5 heteroatoms. The lowest BCUT2D eigenvalue weighted by Gasteiger charge is -2.22. The van der Waals surface area contributed by atoms with Gasteiger partial charge in [0.1, 0.15) is 11.6 Å². The molecule has 4 rings (SSSR count). The van der Waals surface area contributed by atoms with Gasteiger partial charge in [-0.3, -0.25) is 0 Å². The number of hydrogen-bond donors (Lipinski definition) is 1. The van der Waals surface area contributed by atoms with E-state index in [2.05, 4.69) is 36.2 Å². The van der Waals surface area contributed by atoms with Gasteiger partial charge in [-0.05, 0) is 72.1 Å². The third-order valence-corrected chi connectivity index (χ3v) is 6.83.